The third-order valence-corrected chi connectivity index (χ3v) is 6.66. The molecule has 0 bridgehead atoms. The van der Waals surface area contributed by atoms with E-state index in [0.29, 0.717) is 36.7 Å². The number of carbonyl (C=O) groups excluding carboxylic acids is 1. The number of nitrogens with one attached hydrogen (secondary N) is 1. The molecule has 0 aromatic heterocycles. The smallest absolute Gasteiger partial charge is 0.255 e. The van der Waals surface area contributed by atoms with Gasteiger partial charge in [0.15, 0.2) is 0 Å². The van der Waals surface area contributed by atoms with Gasteiger partial charge in [0.05, 0.1) is 11.5 Å². The fourth-order valence-corrected chi connectivity index (χ4v) is 4.73. The zero-order chi connectivity index (χ0) is 20.0. The lowest BCUT2D eigenvalue weighted by molar-refractivity contribution is 0.102. The van der Waals surface area contributed by atoms with Crippen molar-refractivity contribution in [1.29, 1.82) is 0 Å². The van der Waals surface area contributed by atoms with Gasteiger partial charge in [-0.2, -0.15) is 4.31 Å². The van der Waals surface area contributed by atoms with Crippen LogP contribution >= 0.6 is 0 Å². The molecule has 1 N–H and O–H groups in total. The van der Waals surface area contributed by atoms with E-state index >= 15 is 0 Å². The Morgan fingerprint density at radius 2 is 1.57 bits per heavy atom. The summed E-state index contributed by atoms with van der Waals surface area (Å²) in [5.74, 6) is 0.452. The molecule has 6 nitrogen and oxygen atoms in total. The average molecular weight is 403 g/mol. The number of nitrogens with zero attached hydrogens (tertiary/aromatic N) is 1. The molecule has 1 fully saturated rings. The fourth-order valence-electron chi connectivity index (χ4n) is 3.21. The molecule has 3 rings (SSSR count). The van der Waals surface area contributed by atoms with Gasteiger partial charge in [-0.25, -0.2) is 8.42 Å². The molecule has 0 radical (unpaired) electrons. The van der Waals surface area contributed by atoms with Gasteiger partial charge in [0.2, 0.25) is 10.0 Å². The predicted molar refractivity (Wildman–Crippen MR) is 109 cm³/mol. The second-order valence-electron chi connectivity index (χ2n) is 6.75. The molecule has 2 aromatic rings. The lowest BCUT2D eigenvalue weighted by atomic mass is 10.2. The van der Waals surface area contributed by atoms with Crippen molar-refractivity contribution < 1.29 is 17.9 Å². The maximum absolute atomic E-state index is 12.8. The predicted octanol–water partition coefficient (Wildman–Crippen LogP) is 3.90. The molecule has 0 atom stereocenters. The van der Waals surface area contributed by atoms with Crippen molar-refractivity contribution in [3.8, 4) is 5.75 Å². The van der Waals surface area contributed by atoms with Crippen LogP contribution in [0.2, 0.25) is 0 Å². The number of ether oxygens (including phenoxy) is 1. The minimum Gasteiger partial charge on any atom is -0.494 e. The highest BCUT2D eigenvalue weighted by atomic mass is 32.2. The summed E-state index contributed by atoms with van der Waals surface area (Å²) in [6.07, 6.45) is 3.94. The molecule has 7 heteroatoms. The quantitative estimate of drug-likeness (QED) is 0.795. The summed E-state index contributed by atoms with van der Waals surface area (Å²) in [4.78, 5) is 12.6. The average Bonchev–Trinajstić information content (AvgIpc) is 2.99. The van der Waals surface area contributed by atoms with Crippen LogP contribution in [0.1, 0.15) is 43.0 Å². The number of rotatable bonds is 6. The molecule has 0 unspecified atom stereocenters. The molecule has 1 saturated heterocycles. The number of sulfonamides is 1. The molecule has 0 aliphatic carbocycles. The lowest BCUT2D eigenvalue weighted by Crippen LogP contribution is -2.31. The Bertz CT molecular complexity index is 885. The molecule has 0 spiro atoms. The van der Waals surface area contributed by atoms with E-state index in [0.717, 1.165) is 25.7 Å². The monoisotopic (exact) mass is 402 g/mol. The Kier molecular flexibility index (Phi) is 6.70. The molecule has 0 saturated carbocycles. The van der Waals surface area contributed by atoms with Gasteiger partial charge in [0, 0.05) is 24.3 Å². The molecule has 1 aliphatic heterocycles. The maximum Gasteiger partial charge on any atom is 0.255 e. The third-order valence-electron chi connectivity index (χ3n) is 4.74. The number of benzene rings is 2. The molecule has 1 amide bonds. The van der Waals surface area contributed by atoms with Gasteiger partial charge in [0.1, 0.15) is 5.75 Å². The van der Waals surface area contributed by atoms with Crippen molar-refractivity contribution in [1.82, 2.24) is 4.31 Å². The van der Waals surface area contributed by atoms with E-state index in [9.17, 15) is 13.2 Å². The molecule has 2 aromatic carbocycles. The summed E-state index contributed by atoms with van der Waals surface area (Å²) in [6.45, 7) is 3.60. The van der Waals surface area contributed by atoms with E-state index < -0.39 is 10.0 Å². The van der Waals surface area contributed by atoms with Gasteiger partial charge in [-0.3, -0.25) is 4.79 Å². The van der Waals surface area contributed by atoms with Crippen LogP contribution in [-0.4, -0.2) is 38.3 Å². The highest BCUT2D eigenvalue weighted by Crippen LogP contribution is 2.22. The number of amides is 1. The summed E-state index contributed by atoms with van der Waals surface area (Å²) < 4.78 is 32.5. The minimum absolute atomic E-state index is 0.258. The molecule has 1 aliphatic rings. The standard InChI is InChI=1S/C21H26N2O4S/c1-2-27-19-11-7-17(8-12-19)21(24)22-18-9-13-20(14-10-18)28(25,26)23-15-5-3-4-6-16-23/h7-14H,2-6,15-16H2,1H3,(H,22,24). The number of hydrogen-bond donors (Lipinski definition) is 1. The Balaban J connectivity index is 1.67. The second-order valence-corrected chi connectivity index (χ2v) is 8.69. The lowest BCUT2D eigenvalue weighted by Gasteiger charge is -2.20. The van der Waals surface area contributed by atoms with Crippen LogP contribution in [0.25, 0.3) is 0 Å². The molecule has 28 heavy (non-hydrogen) atoms. The van der Waals surface area contributed by atoms with Gasteiger partial charge in [0.25, 0.3) is 5.91 Å². The van der Waals surface area contributed by atoms with Crippen LogP contribution in [0.5, 0.6) is 5.75 Å². The van der Waals surface area contributed by atoms with E-state index in [1.807, 2.05) is 6.92 Å². The number of hydrogen-bond acceptors (Lipinski definition) is 4. The van der Waals surface area contributed by atoms with Crippen LogP contribution in [-0.2, 0) is 10.0 Å². The molecular formula is C21H26N2O4S. The number of carbonyl (C=O) groups is 1. The SMILES string of the molecule is CCOc1ccc(C(=O)Nc2ccc(S(=O)(=O)N3CCCCCC3)cc2)cc1. The molecule has 150 valence electrons. The number of anilines is 1. The van der Waals surface area contributed by atoms with Gasteiger partial charge in [-0.15, -0.1) is 0 Å². The van der Waals surface area contributed by atoms with E-state index in [-0.39, 0.29) is 10.8 Å². The van der Waals surface area contributed by atoms with Gasteiger partial charge >= 0.3 is 0 Å². The third kappa shape index (κ3) is 4.91. The highest BCUT2D eigenvalue weighted by molar-refractivity contribution is 7.89. The summed E-state index contributed by atoms with van der Waals surface area (Å²) in [5, 5.41) is 2.79. The Labute approximate surface area is 166 Å². The van der Waals surface area contributed by atoms with Crippen molar-refractivity contribution in [3.63, 3.8) is 0 Å². The zero-order valence-electron chi connectivity index (χ0n) is 16.1. The van der Waals surface area contributed by atoms with Crippen molar-refractivity contribution in [2.24, 2.45) is 0 Å². The molecular weight excluding hydrogens is 376 g/mol. The first-order valence-electron chi connectivity index (χ1n) is 9.65. The topological polar surface area (TPSA) is 75.7 Å². The van der Waals surface area contributed by atoms with E-state index in [1.54, 1.807) is 52.8 Å². The van der Waals surface area contributed by atoms with Gasteiger partial charge in [-0.1, -0.05) is 12.8 Å². The van der Waals surface area contributed by atoms with Crippen molar-refractivity contribution in [2.75, 3.05) is 25.0 Å². The van der Waals surface area contributed by atoms with Crippen LogP contribution < -0.4 is 10.1 Å². The first-order chi connectivity index (χ1) is 13.5. The van der Waals surface area contributed by atoms with Crippen LogP contribution in [0.4, 0.5) is 5.69 Å². The van der Waals surface area contributed by atoms with Crippen molar-refractivity contribution in [2.45, 2.75) is 37.5 Å². The van der Waals surface area contributed by atoms with Crippen molar-refractivity contribution >= 4 is 21.6 Å². The van der Waals surface area contributed by atoms with Gasteiger partial charge < -0.3 is 10.1 Å². The van der Waals surface area contributed by atoms with Gasteiger partial charge in [-0.05, 0) is 68.3 Å². The van der Waals surface area contributed by atoms with E-state index in [4.69, 9.17) is 4.74 Å². The Morgan fingerprint density at radius 1 is 0.964 bits per heavy atom. The summed E-state index contributed by atoms with van der Waals surface area (Å²) >= 11 is 0. The van der Waals surface area contributed by atoms with Crippen molar-refractivity contribution in [3.05, 3.63) is 54.1 Å². The highest BCUT2D eigenvalue weighted by Gasteiger charge is 2.25. The largest absolute Gasteiger partial charge is 0.494 e. The van der Waals surface area contributed by atoms with Crippen LogP contribution in [0.3, 0.4) is 0 Å². The summed E-state index contributed by atoms with van der Waals surface area (Å²) in [6, 6.07) is 13.2. The van der Waals surface area contributed by atoms with Crippen LogP contribution in [0, 0.1) is 0 Å². The first kappa shape index (κ1) is 20.4. The summed E-state index contributed by atoms with van der Waals surface area (Å²) in [7, 11) is -3.49. The first-order valence-corrected chi connectivity index (χ1v) is 11.1. The Hall–Kier alpha value is -2.38. The van der Waals surface area contributed by atoms with E-state index in [2.05, 4.69) is 5.32 Å². The summed E-state index contributed by atoms with van der Waals surface area (Å²) in [5.41, 5.74) is 1.05. The maximum atomic E-state index is 12.8. The zero-order valence-corrected chi connectivity index (χ0v) is 16.9. The minimum atomic E-state index is -3.49. The van der Waals surface area contributed by atoms with E-state index in [1.165, 1.54) is 0 Å². The molecule has 1 heterocycles. The fraction of sp³-hybridized carbons (Fsp3) is 0.381. The van der Waals surface area contributed by atoms with Crippen LogP contribution in [0.15, 0.2) is 53.4 Å². The second kappa shape index (κ2) is 9.21. The Morgan fingerprint density at radius 3 is 2.14 bits per heavy atom. The normalized spacial score (nSPS) is 15.6.